The average Bonchev–Trinajstić information content (AvgIpc) is 2.67. The smallest absolute Gasteiger partial charge is 0.341 e. The molecule has 1 aliphatic rings. The van der Waals surface area contributed by atoms with Crippen LogP contribution in [-0.4, -0.2) is 30.9 Å². The quantitative estimate of drug-likeness (QED) is 0.690. The molecule has 1 N–H and O–H groups in total. The molecule has 0 aliphatic carbocycles. The Balaban J connectivity index is 2.03. The molecular formula is C21H20F6N2O. The van der Waals surface area contributed by atoms with Gasteiger partial charge in [-0.2, -0.15) is 26.3 Å². The Morgan fingerprint density at radius 1 is 1.00 bits per heavy atom. The second-order valence-corrected chi connectivity index (χ2v) is 7.50. The van der Waals surface area contributed by atoms with Crippen molar-refractivity contribution < 1.29 is 31.1 Å². The van der Waals surface area contributed by atoms with Crippen LogP contribution in [0.1, 0.15) is 39.9 Å². The van der Waals surface area contributed by atoms with Crippen molar-refractivity contribution in [2.24, 2.45) is 0 Å². The first-order valence-electron chi connectivity index (χ1n) is 9.27. The van der Waals surface area contributed by atoms with Gasteiger partial charge in [-0.1, -0.05) is 30.3 Å². The zero-order valence-corrected chi connectivity index (χ0v) is 16.1. The molecule has 9 heteroatoms. The highest BCUT2D eigenvalue weighted by Crippen LogP contribution is 2.38. The molecule has 1 saturated heterocycles. The van der Waals surface area contributed by atoms with Gasteiger partial charge in [0.15, 0.2) is 0 Å². The Kier molecular flexibility index (Phi) is 5.86. The Morgan fingerprint density at radius 2 is 1.67 bits per heavy atom. The van der Waals surface area contributed by atoms with Gasteiger partial charge in [0.25, 0.3) is 5.91 Å². The lowest BCUT2D eigenvalue weighted by Crippen LogP contribution is -2.55. The Bertz CT molecular complexity index is 910. The molecular weight excluding hydrogens is 410 g/mol. The number of carbonyl (C=O) groups is 1. The van der Waals surface area contributed by atoms with Crippen LogP contribution in [0.2, 0.25) is 0 Å². The minimum Gasteiger partial charge on any atom is -0.341 e. The Hall–Kier alpha value is -2.55. The number of likely N-dealkylation sites (N-methyl/N-ethyl adjacent to an activating group) is 1. The molecule has 1 heterocycles. The normalized spacial score (nSPS) is 20.8. The van der Waals surface area contributed by atoms with E-state index in [2.05, 4.69) is 5.32 Å². The van der Waals surface area contributed by atoms with Gasteiger partial charge in [0, 0.05) is 6.54 Å². The molecule has 1 atom stereocenters. The molecule has 30 heavy (non-hydrogen) atoms. The number of hydrogen-bond acceptors (Lipinski definition) is 2. The molecule has 1 aliphatic heterocycles. The summed E-state index contributed by atoms with van der Waals surface area (Å²) < 4.78 is 79.2. The van der Waals surface area contributed by atoms with Crippen LogP contribution in [0.3, 0.4) is 0 Å². The zero-order chi connectivity index (χ0) is 22.2. The number of hydrogen-bond donors (Lipinski definition) is 1. The number of halogens is 6. The van der Waals surface area contributed by atoms with Crippen LogP contribution in [0.5, 0.6) is 0 Å². The molecule has 2 aromatic carbocycles. The maximum Gasteiger partial charge on any atom is 0.417 e. The number of nitrogens with zero attached hydrogens (tertiary/aromatic N) is 1. The Morgan fingerprint density at radius 3 is 2.23 bits per heavy atom. The number of piperidine rings is 1. The third-order valence-corrected chi connectivity index (χ3v) is 5.26. The van der Waals surface area contributed by atoms with Crippen LogP contribution in [0, 0.1) is 0 Å². The monoisotopic (exact) mass is 430 g/mol. The SMILES string of the molecule is CN1CCCC(NC(=O)c2ccc(C(F)(F)F)cc2C(F)(F)F)(c2ccccc2)C1. The van der Waals surface area contributed by atoms with E-state index >= 15 is 0 Å². The number of amides is 1. The predicted molar refractivity (Wildman–Crippen MR) is 98.8 cm³/mol. The molecule has 0 bridgehead atoms. The second kappa shape index (κ2) is 7.94. The van der Waals surface area contributed by atoms with Gasteiger partial charge in [0.05, 0.1) is 22.2 Å². The van der Waals surface area contributed by atoms with Crippen molar-refractivity contribution in [1.29, 1.82) is 0 Å². The van der Waals surface area contributed by atoms with Crippen molar-refractivity contribution in [3.63, 3.8) is 0 Å². The lowest BCUT2D eigenvalue weighted by atomic mass is 9.82. The first-order chi connectivity index (χ1) is 13.9. The summed E-state index contributed by atoms with van der Waals surface area (Å²) in [6.07, 6.45) is -8.87. The lowest BCUT2D eigenvalue weighted by Gasteiger charge is -2.42. The maximum absolute atomic E-state index is 13.5. The van der Waals surface area contributed by atoms with Crippen LogP contribution < -0.4 is 5.32 Å². The van der Waals surface area contributed by atoms with E-state index in [4.69, 9.17) is 0 Å². The van der Waals surface area contributed by atoms with Crippen molar-refractivity contribution in [2.45, 2.75) is 30.7 Å². The molecule has 1 amide bonds. The van der Waals surface area contributed by atoms with Gasteiger partial charge >= 0.3 is 12.4 Å². The van der Waals surface area contributed by atoms with Gasteiger partial charge in [-0.15, -0.1) is 0 Å². The third-order valence-electron chi connectivity index (χ3n) is 5.26. The zero-order valence-electron chi connectivity index (χ0n) is 16.1. The fraction of sp³-hybridized carbons (Fsp3) is 0.381. The van der Waals surface area contributed by atoms with E-state index in [-0.39, 0.29) is 6.07 Å². The van der Waals surface area contributed by atoms with Crippen LogP contribution in [0.25, 0.3) is 0 Å². The number of carbonyl (C=O) groups excluding carboxylic acids is 1. The molecule has 1 fully saturated rings. The van der Waals surface area contributed by atoms with E-state index in [9.17, 15) is 31.1 Å². The number of likely N-dealkylation sites (tertiary alicyclic amines) is 1. The fourth-order valence-electron chi connectivity index (χ4n) is 3.87. The summed E-state index contributed by atoms with van der Waals surface area (Å²) in [5.74, 6) is -1.06. The molecule has 0 radical (unpaired) electrons. The van der Waals surface area contributed by atoms with E-state index in [0.717, 1.165) is 12.1 Å². The second-order valence-electron chi connectivity index (χ2n) is 7.50. The Labute approximate surface area is 169 Å². The molecule has 2 aromatic rings. The van der Waals surface area contributed by atoms with Crippen molar-refractivity contribution >= 4 is 5.91 Å². The molecule has 0 saturated carbocycles. The highest BCUT2D eigenvalue weighted by molar-refractivity contribution is 5.96. The third kappa shape index (κ3) is 4.61. The van der Waals surface area contributed by atoms with Crippen molar-refractivity contribution in [2.75, 3.05) is 20.1 Å². The van der Waals surface area contributed by atoms with Crippen LogP contribution in [0.15, 0.2) is 48.5 Å². The first-order valence-corrected chi connectivity index (χ1v) is 9.27. The molecule has 162 valence electrons. The van der Waals surface area contributed by atoms with Gasteiger partial charge in [0.1, 0.15) is 0 Å². The van der Waals surface area contributed by atoms with E-state index in [0.29, 0.717) is 31.5 Å². The summed E-state index contributed by atoms with van der Waals surface area (Å²) in [5, 5.41) is 2.70. The topological polar surface area (TPSA) is 32.3 Å². The lowest BCUT2D eigenvalue weighted by molar-refractivity contribution is -0.143. The summed E-state index contributed by atoms with van der Waals surface area (Å²) in [7, 11) is 1.84. The number of rotatable bonds is 3. The minimum absolute atomic E-state index is 0.0168. The minimum atomic E-state index is -5.11. The van der Waals surface area contributed by atoms with Crippen LogP contribution in [0.4, 0.5) is 26.3 Å². The largest absolute Gasteiger partial charge is 0.417 e. The summed E-state index contributed by atoms with van der Waals surface area (Å²) in [6, 6.07) is 9.92. The fourth-order valence-corrected chi connectivity index (χ4v) is 3.87. The summed E-state index contributed by atoms with van der Waals surface area (Å²) in [6.45, 7) is 1.13. The molecule has 0 aromatic heterocycles. The predicted octanol–water partition coefficient (Wildman–Crippen LogP) is 5.08. The molecule has 0 spiro atoms. The van der Waals surface area contributed by atoms with Crippen LogP contribution in [-0.2, 0) is 17.9 Å². The van der Waals surface area contributed by atoms with Gasteiger partial charge in [0.2, 0.25) is 0 Å². The van der Waals surface area contributed by atoms with Gasteiger partial charge in [-0.25, -0.2) is 0 Å². The van der Waals surface area contributed by atoms with E-state index in [1.54, 1.807) is 30.3 Å². The van der Waals surface area contributed by atoms with E-state index < -0.39 is 40.5 Å². The molecule has 3 nitrogen and oxygen atoms in total. The molecule has 3 rings (SSSR count). The average molecular weight is 430 g/mol. The van der Waals surface area contributed by atoms with Crippen molar-refractivity contribution in [3.05, 3.63) is 70.8 Å². The molecule has 1 unspecified atom stereocenters. The van der Waals surface area contributed by atoms with Crippen molar-refractivity contribution in [3.8, 4) is 0 Å². The first kappa shape index (κ1) is 22.1. The number of alkyl halides is 6. The highest BCUT2D eigenvalue weighted by Gasteiger charge is 2.42. The van der Waals surface area contributed by atoms with Gasteiger partial charge in [-0.3, -0.25) is 4.79 Å². The summed E-state index contributed by atoms with van der Waals surface area (Å²) >= 11 is 0. The number of benzene rings is 2. The summed E-state index contributed by atoms with van der Waals surface area (Å²) in [5.41, 5.74) is -4.12. The highest BCUT2D eigenvalue weighted by atomic mass is 19.4. The van der Waals surface area contributed by atoms with E-state index in [1.165, 1.54) is 0 Å². The van der Waals surface area contributed by atoms with E-state index in [1.807, 2.05) is 11.9 Å². The standard InChI is InChI=1S/C21H20F6N2O/c1-29-11-5-10-19(13-29,14-6-3-2-4-7-14)28-18(30)16-9-8-15(20(22,23)24)12-17(16)21(25,26)27/h2-4,6-9,12H,5,10-11,13H2,1H3,(H,28,30). The summed E-state index contributed by atoms with van der Waals surface area (Å²) in [4.78, 5) is 14.9. The maximum atomic E-state index is 13.5. The van der Waals surface area contributed by atoms with Crippen molar-refractivity contribution in [1.82, 2.24) is 10.2 Å². The van der Waals surface area contributed by atoms with Gasteiger partial charge < -0.3 is 10.2 Å². The van der Waals surface area contributed by atoms with Crippen LogP contribution >= 0.6 is 0 Å². The number of nitrogens with one attached hydrogen (secondary N) is 1. The van der Waals surface area contributed by atoms with Gasteiger partial charge in [-0.05, 0) is 50.2 Å².